The van der Waals surface area contributed by atoms with Crippen LogP contribution in [0.4, 0.5) is 0 Å². The van der Waals surface area contributed by atoms with Crippen LogP contribution in [0.5, 0.6) is 0 Å². The maximum atomic E-state index is 12.9. The number of nitrogens with one attached hydrogen (secondary N) is 4. The molecule has 0 bridgehead atoms. The molecule has 11 rings (SSSR count). The number of carbonyl (C=O) groups is 2. The van der Waals surface area contributed by atoms with E-state index in [-0.39, 0.29) is 17.1 Å². The molecule has 7 aromatic rings. The van der Waals surface area contributed by atoms with Crippen LogP contribution in [0.1, 0.15) is 28.3 Å². The number of para-hydroxylation sites is 3. The Labute approximate surface area is 343 Å². The van der Waals surface area contributed by atoms with E-state index < -0.39 is 11.9 Å². The first-order chi connectivity index (χ1) is 29.0. The Morgan fingerprint density at radius 3 is 1.73 bits per heavy atom. The first kappa shape index (κ1) is 40.0. The number of carboxylic acid groups (broad SMARTS) is 2. The fraction of sp³-hybridized carbons (Fsp3) is 0.295. The molecule has 60 heavy (non-hydrogen) atoms. The van der Waals surface area contributed by atoms with Gasteiger partial charge in [-0.15, -0.1) is 0 Å². The first-order valence-corrected chi connectivity index (χ1v) is 19.8. The van der Waals surface area contributed by atoms with Gasteiger partial charge in [-0.2, -0.15) is 0 Å². The van der Waals surface area contributed by atoms with Crippen LogP contribution in [0.25, 0.3) is 33.1 Å². The maximum Gasteiger partial charge on any atom is 0.329 e. The number of H-pyrrole nitrogens is 2. The summed E-state index contributed by atoms with van der Waals surface area (Å²) >= 11 is 0. The summed E-state index contributed by atoms with van der Waals surface area (Å²) in [4.78, 5) is 63.5. The summed E-state index contributed by atoms with van der Waals surface area (Å²) < 4.78 is 7.54. The van der Waals surface area contributed by atoms with Gasteiger partial charge >= 0.3 is 29.0 Å². The SMILES string of the molecule is CN1C2Cn3c(=O)n(Cc4ccccc4)c4cccc(c43)C21.CNC1Cc2cccc3[nH]c(=O)n(c23)C1.CN[C@@H]1Cc2cccc3[nH]c(=O)n(c23)C1.O=C(O)/C=C\C(=O)O. The summed E-state index contributed by atoms with van der Waals surface area (Å²) in [6.07, 6.45) is 3.10. The maximum absolute atomic E-state index is 12.9. The zero-order valence-electron chi connectivity index (χ0n) is 33.5. The highest BCUT2D eigenvalue weighted by molar-refractivity contribution is 5.89. The van der Waals surface area contributed by atoms with Gasteiger partial charge in [0.05, 0.1) is 45.7 Å². The highest BCUT2D eigenvalue weighted by Gasteiger charge is 2.50. The van der Waals surface area contributed by atoms with Crippen LogP contribution >= 0.6 is 0 Å². The summed E-state index contributed by atoms with van der Waals surface area (Å²) in [5.74, 6) is -2.51. The molecule has 4 aliphatic heterocycles. The number of nitrogens with zero attached hydrogens (tertiary/aromatic N) is 5. The number of imidazole rings is 3. The summed E-state index contributed by atoms with van der Waals surface area (Å²) in [7, 11) is 6.02. The minimum Gasteiger partial charge on any atom is -0.478 e. The van der Waals surface area contributed by atoms with Gasteiger partial charge in [0.15, 0.2) is 0 Å². The average molecular weight is 814 g/mol. The monoisotopic (exact) mass is 813 g/mol. The predicted molar refractivity (Wildman–Crippen MR) is 229 cm³/mol. The van der Waals surface area contributed by atoms with Crippen molar-refractivity contribution in [2.24, 2.45) is 0 Å². The molecule has 1 saturated heterocycles. The smallest absolute Gasteiger partial charge is 0.329 e. The summed E-state index contributed by atoms with van der Waals surface area (Å²) in [5.41, 5.74) is 11.3. The molecule has 310 valence electrons. The third kappa shape index (κ3) is 7.63. The van der Waals surface area contributed by atoms with Gasteiger partial charge in [-0.25, -0.2) is 24.0 Å². The van der Waals surface area contributed by atoms with Crippen LogP contribution < -0.4 is 27.7 Å². The van der Waals surface area contributed by atoms with E-state index in [4.69, 9.17) is 10.2 Å². The number of hydrogen-bond donors (Lipinski definition) is 6. The van der Waals surface area contributed by atoms with Crippen molar-refractivity contribution in [2.45, 2.75) is 63.2 Å². The zero-order valence-corrected chi connectivity index (χ0v) is 33.5. The average Bonchev–Trinajstić information content (AvgIpc) is 3.45. The minimum atomic E-state index is -1.26. The lowest BCUT2D eigenvalue weighted by Gasteiger charge is -2.22. The van der Waals surface area contributed by atoms with E-state index in [9.17, 15) is 24.0 Å². The van der Waals surface area contributed by atoms with Gasteiger partial charge in [-0.05, 0) is 74.4 Å². The van der Waals surface area contributed by atoms with Gasteiger partial charge in [-0.1, -0.05) is 66.7 Å². The van der Waals surface area contributed by atoms with E-state index in [0.29, 0.717) is 42.9 Å². The van der Waals surface area contributed by atoms with Gasteiger partial charge in [-0.3, -0.25) is 23.2 Å². The van der Waals surface area contributed by atoms with Crippen LogP contribution in [-0.2, 0) is 48.6 Å². The van der Waals surface area contributed by atoms with Crippen LogP contribution in [-0.4, -0.2) is 94.6 Å². The topological polar surface area (TPSA) is 204 Å². The fourth-order valence-corrected chi connectivity index (χ4v) is 8.88. The number of likely N-dealkylation sites (N-methyl/N-ethyl adjacent to an activating group) is 3. The van der Waals surface area contributed by atoms with E-state index >= 15 is 0 Å². The van der Waals surface area contributed by atoms with Gasteiger partial charge in [0.25, 0.3) is 0 Å². The summed E-state index contributed by atoms with van der Waals surface area (Å²) in [5, 5.41) is 22.1. The number of fused-ring (bicyclic) bond motifs is 2. The molecule has 4 aromatic carbocycles. The zero-order chi connectivity index (χ0) is 42.2. The Morgan fingerprint density at radius 2 is 1.22 bits per heavy atom. The van der Waals surface area contributed by atoms with Crippen molar-refractivity contribution >= 4 is 45.0 Å². The lowest BCUT2D eigenvalue weighted by Crippen LogP contribution is -2.38. The number of carboxylic acids is 2. The van der Waals surface area contributed by atoms with Crippen molar-refractivity contribution < 1.29 is 19.8 Å². The van der Waals surface area contributed by atoms with Gasteiger partial charge in [0.1, 0.15) is 0 Å². The molecule has 3 aromatic heterocycles. The lowest BCUT2D eigenvalue weighted by molar-refractivity contribution is -0.134. The molecule has 4 unspecified atom stereocenters. The lowest BCUT2D eigenvalue weighted by atomic mass is 10.0. The van der Waals surface area contributed by atoms with Crippen LogP contribution in [0, 0.1) is 0 Å². The van der Waals surface area contributed by atoms with Crippen LogP contribution in [0.2, 0.25) is 0 Å². The number of benzene rings is 4. The molecule has 6 N–H and O–H groups in total. The number of aromatic nitrogens is 6. The molecule has 5 atom stereocenters. The number of rotatable bonds is 6. The second-order valence-electron chi connectivity index (χ2n) is 15.5. The Morgan fingerprint density at radius 1 is 0.683 bits per heavy atom. The standard InChI is InChI=1S/C18H17N3O.2C11H13N3O.C4H4O4/c1-19-15-11-21-17-13(16(15)19)8-5-9-14(17)20(18(21)22)10-12-6-3-2-4-7-12;2*1-12-8-5-7-3-2-4-9-10(7)14(6-8)11(15)13-9;5-3(6)1-2-4(7)8/h2-9,15-16H,10-11H2,1H3;2*2-4,8,12H,5-6H2,1H3,(H,13,15);1-2H,(H,5,6)(H,7,8)/b;;;2-1-/t;8-;;/m.1../s1. The van der Waals surface area contributed by atoms with Crippen molar-refractivity contribution in [1.82, 2.24) is 43.8 Å². The van der Waals surface area contributed by atoms with Crippen LogP contribution in [0.15, 0.2) is 111 Å². The predicted octanol–water partition coefficient (Wildman–Crippen LogP) is 2.88. The van der Waals surface area contributed by atoms with Gasteiger partial charge in [0, 0.05) is 49.9 Å². The third-order valence-electron chi connectivity index (χ3n) is 11.9. The molecule has 16 heteroatoms. The molecule has 0 amide bonds. The van der Waals surface area contributed by atoms with Crippen molar-refractivity contribution in [3.05, 3.63) is 151 Å². The summed E-state index contributed by atoms with van der Waals surface area (Å²) in [6.45, 7) is 2.96. The fourth-order valence-electron chi connectivity index (χ4n) is 8.88. The molecular weight excluding hydrogens is 767 g/mol. The van der Waals surface area contributed by atoms with E-state index in [1.54, 1.807) is 0 Å². The number of aliphatic carboxylic acids is 2. The summed E-state index contributed by atoms with van der Waals surface area (Å²) in [6, 6.07) is 30.3. The highest BCUT2D eigenvalue weighted by atomic mass is 16.4. The van der Waals surface area contributed by atoms with Crippen LogP contribution in [0.3, 0.4) is 0 Å². The molecule has 16 nitrogen and oxygen atoms in total. The van der Waals surface area contributed by atoms with Crippen molar-refractivity contribution in [2.75, 3.05) is 21.1 Å². The molecule has 1 fully saturated rings. The molecular formula is C44H47N9O7. The van der Waals surface area contributed by atoms with Gasteiger partial charge < -0.3 is 30.8 Å². The van der Waals surface area contributed by atoms with E-state index in [1.807, 2.05) is 74.8 Å². The Bertz CT molecular complexity index is 2830. The van der Waals surface area contributed by atoms with E-state index in [1.165, 1.54) is 16.7 Å². The third-order valence-corrected chi connectivity index (χ3v) is 11.9. The Balaban J connectivity index is 0.000000117. The minimum absolute atomic E-state index is 0.00241. The van der Waals surface area contributed by atoms with Crippen molar-refractivity contribution in [3.63, 3.8) is 0 Å². The van der Waals surface area contributed by atoms with E-state index in [0.717, 1.165) is 71.1 Å². The highest BCUT2D eigenvalue weighted by Crippen LogP contribution is 2.47. The Kier molecular flexibility index (Phi) is 11.0. The quantitative estimate of drug-likeness (QED) is 0.107. The Hall–Kier alpha value is -6.75. The first-order valence-electron chi connectivity index (χ1n) is 19.8. The van der Waals surface area contributed by atoms with E-state index in [2.05, 4.69) is 75.0 Å². The van der Waals surface area contributed by atoms with Gasteiger partial charge in [0.2, 0.25) is 0 Å². The molecule has 0 spiro atoms. The molecule has 0 aliphatic carbocycles. The van der Waals surface area contributed by atoms with Crippen molar-refractivity contribution in [1.29, 1.82) is 0 Å². The second-order valence-corrected chi connectivity index (χ2v) is 15.5. The molecule has 0 radical (unpaired) electrons. The molecule has 0 saturated carbocycles. The second kappa shape index (κ2) is 16.5. The molecule has 4 aliphatic rings. The van der Waals surface area contributed by atoms with Crippen molar-refractivity contribution in [3.8, 4) is 0 Å². The largest absolute Gasteiger partial charge is 0.478 e. The molecule has 7 heterocycles. The number of hydrogen-bond acceptors (Lipinski definition) is 8. The normalized spacial score (nSPS) is 20.4. The number of aromatic amines is 2.